The SMILES string of the molecule is CC(C)(C)c1no[n+]([O-])c1-c1ccccc1. The second kappa shape index (κ2) is 3.63. The maximum atomic E-state index is 11.6. The van der Waals surface area contributed by atoms with E-state index in [0.29, 0.717) is 16.3 Å². The van der Waals surface area contributed by atoms with Gasteiger partial charge in [0.05, 0.1) is 0 Å². The maximum absolute atomic E-state index is 11.6. The molecule has 2 aromatic rings. The second-order valence-electron chi connectivity index (χ2n) is 4.74. The minimum atomic E-state index is -0.218. The predicted octanol–water partition coefficient (Wildman–Crippen LogP) is 2.27. The van der Waals surface area contributed by atoms with Crippen molar-refractivity contribution in [3.05, 3.63) is 41.2 Å². The topological polar surface area (TPSA) is 53.0 Å². The number of hydrogen-bond donors (Lipinski definition) is 0. The van der Waals surface area contributed by atoms with Gasteiger partial charge in [-0.05, 0) is 4.90 Å². The standard InChI is InChI=1S/C12H14N2O2/c1-12(2,3)11-10(14(15)16-13-11)9-7-5-4-6-8-9/h4-8H,1-3H3. The first-order chi connectivity index (χ1) is 7.50. The van der Waals surface area contributed by atoms with E-state index in [1.54, 1.807) is 0 Å². The molecule has 0 aliphatic rings. The van der Waals surface area contributed by atoms with Crippen molar-refractivity contribution in [2.24, 2.45) is 0 Å². The Bertz CT molecular complexity index is 483. The van der Waals surface area contributed by atoms with Crippen LogP contribution in [-0.2, 0) is 5.41 Å². The lowest BCUT2D eigenvalue weighted by Gasteiger charge is -2.11. The lowest BCUT2D eigenvalue weighted by Crippen LogP contribution is -2.27. The summed E-state index contributed by atoms with van der Waals surface area (Å²) in [5, 5.41) is 15.4. The molecule has 1 aromatic carbocycles. The lowest BCUT2D eigenvalue weighted by molar-refractivity contribution is -0.793. The minimum Gasteiger partial charge on any atom is -0.359 e. The summed E-state index contributed by atoms with van der Waals surface area (Å²) in [6.45, 7) is 5.99. The molecule has 84 valence electrons. The van der Waals surface area contributed by atoms with Crippen molar-refractivity contribution in [2.45, 2.75) is 26.2 Å². The van der Waals surface area contributed by atoms with Crippen molar-refractivity contribution >= 4 is 0 Å². The molecule has 0 fully saturated rings. The number of rotatable bonds is 1. The van der Waals surface area contributed by atoms with Gasteiger partial charge in [-0.15, -0.1) is 0 Å². The van der Waals surface area contributed by atoms with Crippen molar-refractivity contribution < 1.29 is 9.53 Å². The Morgan fingerprint density at radius 3 is 2.38 bits per heavy atom. The monoisotopic (exact) mass is 218 g/mol. The van der Waals surface area contributed by atoms with E-state index in [2.05, 4.69) is 9.79 Å². The molecule has 0 saturated heterocycles. The molecule has 2 rings (SSSR count). The van der Waals surface area contributed by atoms with E-state index >= 15 is 0 Å². The maximum Gasteiger partial charge on any atom is 0.231 e. The molecule has 0 saturated carbocycles. The van der Waals surface area contributed by atoms with E-state index in [-0.39, 0.29) is 5.41 Å². The van der Waals surface area contributed by atoms with Crippen LogP contribution in [0.1, 0.15) is 26.5 Å². The summed E-state index contributed by atoms with van der Waals surface area (Å²) in [6.07, 6.45) is 0. The fourth-order valence-electron chi connectivity index (χ4n) is 1.58. The molecule has 1 heterocycles. The van der Waals surface area contributed by atoms with Gasteiger partial charge in [0, 0.05) is 16.1 Å². The van der Waals surface area contributed by atoms with E-state index in [1.807, 2.05) is 51.1 Å². The molecule has 0 atom stereocenters. The van der Waals surface area contributed by atoms with Crippen LogP contribution in [0, 0.1) is 5.21 Å². The second-order valence-corrected chi connectivity index (χ2v) is 4.74. The van der Waals surface area contributed by atoms with Crippen LogP contribution in [0.25, 0.3) is 11.3 Å². The van der Waals surface area contributed by atoms with Crippen LogP contribution in [0.5, 0.6) is 0 Å². The molecule has 4 heteroatoms. The van der Waals surface area contributed by atoms with Gasteiger partial charge in [-0.1, -0.05) is 51.1 Å². The molecule has 0 N–H and O–H groups in total. The summed E-state index contributed by atoms with van der Waals surface area (Å²) in [5.74, 6) is 0. The van der Waals surface area contributed by atoms with Gasteiger partial charge in [0.1, 0.15) is 0 Å². The van der Waals surface area contributed by atoms with Gasteiger partial charge in [0.25, 0.3) is 0 Å². The van der Waals surface area contributed by atoms with Crippen molar-refractivity contribution in [3.63, 3.8) is 0 Å². The normalized spacial score (nSPS) is 11.7. The van der Waals surface area contributed by atoms with Crippen LogP contribution in [0.15, 0.2) is 35.0 Å². The highest BCUT2D eigenvalue weighted by Crippen LogP contribution is 2.28. The third kappa shape index (κ3) is 1.78. The fraction of sp³-hybridized carbons (Fsp3) is 0.333. The van der Waals surface area contributed by atoms with E-state index < -0.39 is 0 Å². The van der Waals surface area contributed by atoms with Crippen molar-refractivity contribution in [3.8, 4) is 11.3 Å². The molecule has 0 spiro atoms. The number of benzene rings is 1. The zero-order valence-corrected chi connectivity index (χ0v) is 9.60. The van der Waals surface area contributed by atoms with Gasteiger partial charge >= 0.3 is 0 Å². The molecule has 4 nitrogen and oxygen atoms in total. The Kier molecular flexibility index (Phi) is 2.42. The first-order valence-electron chi connectivity index (χ1n) is 5.16. The summed E-state index contributed by atoms with van der Waals surface area (Å²) in [4.78, 5) is 0.468. The Labute approximate surface area is 94.0 Å². The average molecular weight is 218 g/mol. The fourth-order valence-corrected chi connectivity index (χ4v) is 1.58. The zero-order chi connectivity index (χ0) is 11.8. The van der Waals surface area contributed by atoms with Gasteiger partial charge in [-0.2, -0.15) is 0 Å². The Hall–Kier alpha value is -1.84. The average Bonchev–Trinajstić information content (AvgIpc) is 2.61. The predicted molar refractivity (Wildman–Crippen MR) is 59.6 cm³/mol. The number of nitrogens with zero attached hydrogens (tertiary/aromatic N) is 2. The van der Waals surface area contributed by atoms with E-state index in [1.165, 1.54) is 0 Å². The zero-order valence-electron chi connectivity index (χ0n) is 9.60. The minimum absolute atomic E-state index is 0.218. The Morgan fingerprint density at radius 1 is 1.19 bits per heavy atom. The van der Waals surface area contributed by atoms with E-state index in [9.17, 15) is 5.21 Å². The number of aromatic nitrogens is 2. The van der Waals surface area contributed by atoms with Crippen LogP contribution in [0.4, 0.5) is 0 Å². The highest BCUT2D eigenvalue weighted by atomic mass is 16.8. The van der Waals surface area contributed by atoms with Crippen LogP contribution in [0.2, 0.25) is 0 Å². The molecule has 0 amide bonds. The van der Waals surface area contributed by atoms with Crippen LogP contribution in [0.3, 0.4) is 0 Å². The molecule has 0 aliphatic carbocycles. The summed E-state index contributed by atoms with van der Waals surface area (Å²) in [6, 6.07) is 9.42. The third-order valence-corrected chi connectivity index (χ3v) is 2.37. The van der Waals surface area contributed by atoms with Crippen LogP contribution < -0.4 is 4.90 Å². The smallest absolute Gasteiger partial charge is 0.231 e. The molecular weight excluding hydrogens is 204 g/mol. The quantitative estimate of drug-likeness (QED) is 0.690. The number of hydrogen-bond acceptors (Lipinski definition) is 3. The van der Waals surface area contributed by atoms with Gasteiger partial charge < -0.3 is 5.21 Å². The van der Waals surface area contributed by atoms with Gasteiger partial charge in [0.2, 0.25) is 11.4 Å². The lowest BCUT2D eigenvalue weighted by atomic mass is 9.89. The van der Waals surface area contributed by atoms with Crippen molar-refractivity contribution in [1.82, 2.24) is 5.16 Å². The van der Waals surface area contributed by atoms with Gasteiger partial charge in [-0.3, -0.25) is 4.63 Å². The Balaban J connectivity index is 2.61. The molecule has 0 radical (unpaired) electrons. The van der Waals surface area contributed by atoms with Crippen LogP contribution >= 0.6 is 0 Å². The first kappa shape index (κ1) is 10.7. The molecular formula is C12H14N2O2. The highest BCUT2D eigenvalue weighted by molar-refractivity contribution is 5.59. The van der Waals surface area contributed by atoms with E-state index in [0.717, 1.165) is 5.56 Å². The summed E-state index contributed by atoms with van der Waals surface area (Å²) in [5.41, 5.74) is 1.77. The van der Waals surface area contributed by atoms with Gasteiger partial charge in [-0.25, -0.2) is 0 Å². The molecule has 16 heavy (non-hydrogen) atoms. The largest absolute Gasteiger partial charge is 0.359 e. The van der Waals surface area contributed by atoms with E-state index in [4.69, 9.17) is 0 Å². The Morgan fingerprint density at radius 2 is 1.81 bits per heavy atom. The molecule has 0 unspecified atom stereocenters. The summed E-state index contributed by atoms with van der Waals surface area (Å²) in [7, 11) is 0. The molecule has 0 bridgehead atoms. The highest BCUT2D eigenvalue weighted by Gasteiger charge is 2.31. The van der Waals surface area contributed by atoms with Crippen molar-refractivity contribution in [1.29, 1.82) is 0 Å². The van der Waals surface area contributed by atoms with Crippen LogP contribution in [-0.4, -0.2) is 5.16 Å². The first-order valence-corrected chi connectivity index (χ1v) is 5.16. The molecule has 0 aliphatic heterocycles. The molecule has 1 aromatic heterocycles. The summed E-state index contributed by atoms with van der Waals surface area (Å²) < 4.78 is 4.69. The van der Waals surface area contributed by atoms with Gasteiger partial charge in [0.15, 0.2) is 0 Å². The van der Waals surface area contributed by atoms with Crippen molar-refractivity contribution in [2.75, 3.05) is 0 Å². The summed E-state index contributed by atoms with van der Waals surface area (Å²) >= 11 is 0. The third-order valence-electron chi connectivity index (χ3n) is 2.37.